The molecule has 2 heterocycles. The number of benzene rings is 1. The second-order valence-corrected chi connectivity index (χ2v) is 6.51. The molecule has 0 unspecified atom stereocenters. The van der Waals surface area contributed by atoms with E-state index in [9.17, 15) is 9.11 Å². The molecule has 3 rings (SSSR count). The quantitative estimate of drug-likeness (QED) is 0.668. The highest BCUT2D eigenvalue weighted by Gasteiger charge is 2.17. The average molecular weight is 317 g/mol. The van der Waals surface area contributed by atoms with E-state index in [-0.39, 0.29) is 5.82 Å². The third-order valence-electron chi connectivity index (χ3n) is 3.05. The van der Waals surface area contributed by atoms with Crippen LogP contribution >= 0.6 is 10.8 Å². The third-order valence-corrected chi connectivity index (χ3v) is 4.48. The minimum absolute atomic E-state index is 0.286. The van der Waals surface area contributed by atoms with Crippen LogP contribution in [-0.4, -0.2) is 19.2 Å². The Morgan fingerprint density at radius 1 is 1.09 bits per heavy atom. The van der Waals surface area contributed by atoms with Gasteiger partial charge in [-0.25, -0.2) is 0 Å². The van der Waals surface area contributed by atoms with Crippen LogP contribution < -0.4 is 4.72 Å². The minimum atomic E-state index is -3.19. The van der Waals surface area contributed by atoms with Crippen LogP contribution in [0.5, 0.6) is 0 Å². The Morgan fingerprint density at radius 3 is 2.45 bits per heavy atom. The van der Waals surface area contributed by atoms with E-state index in [1.165, 1.54) is 0 Å². The van der Waals surface area contributed by atoms with Gasteiger partial charge in [0.2, 0.25) is 0 Å². The fourth-order valence-corrected chi connectivity index (χ4v) is 3.01. The highest BCUT2D eigenvalue weighted by molar-refractivity contribution is 8.25. The van der Waals surface area contributed by atoms with Crippen molar-refractivity contribution in [1.82, 2.24) is 10.1 Å². The van der Waals surface area contributed by atoms with Crippen molar-refractivity contribution in [3.05, 3.63) is 60.6 Å². The molecule has 2 aromatic heterocycles. The first-order valence-electron chi connectivity index (χ1n) is 6.54. The van der Waals surface area contributed by atoms with Crippen molar-refractivity contribution in [3.63, 3.8) is 0 Å². The van der Waals surface area contributed by atoms with Crippen LogP contribution in [0.1, 0.15) is 5.76 Å². The number of hydrogen-bond donors (Lipinski definition) is 3. The Balaban J connectivity index is 1.82. The van der Waals surface area contributed by atoms with Gasteiger partial charge in [-0.2, -0.15) is 0 Å². The molecule has 0 saturated heterocycles. The van der Waals surface area contributed by atoms with E-state index in [2.05, 4.69) is 14.9 Å². The highest BCUT2D eigenvalue weighted by Crippen LogP contribution is 2.47. The molecular weight excluding hydrogens is 302 g/mol. The van der Waals surface area contributed by atoms with E-state index >= 15 is 0 Å². The number of aromatic nitrogens is 2. The zero-order chi connectivity index (χ0) is 15.6. The Bertz CT molecular complexity index is 757. The van der Waals surface area contributed by atoms with Gasteiger partial charge in [-0.05, 0) is 36.2 Å². The molecule has 0 amide bonds. The number of nitrogens with one attached hydrogen (secondary N) is 1. The summed E-state index contributed by atoms with van der Waals surface area (Å²) < 4.78 is 28.0. The van der Waals surface area contributed by atoms with E-state index in [1.807, 2.05) is 24.3 Å². The first-order chi connectivity index (χ1) is 10.5. The highest BCUT2D eigenvalue weighted by atomic mass is 32.3. The van der Waals surface area contributed by atoms with Gasteiger partial charge in [0, 0.05) is 18.5 Å². The van der Waals surface area contributed by atoms with Crippen LogP contribution in [0.4, 0.5) is 5.82 Å². The van der Waals surface area contributed by atoms with Crippen molar-refractivity contribution in [2.45, 2.75) is 11.8 Å². The molecule has 0 atom stereocenters. The summed E-state index contributed by atoms with van der Waals surface area (Å²) in [5, 5.41) is 3.70. The Labute approximate surface area is 129 Å². The van der Waals surface area contributed by atoms with Gasteiger partial charge in [0.1, 0.15) is 5.76 Å². The topological polar surface area (TPSA) is 91.4 Å². The molecule has 0 bridgehead atoms. The molecule has 0 spiro atoms. The zero-order valence-electron chi connectivity index (χ0n) is 11.8. The summed E-state index contributed by atoms with van der Waals surface area (Å²) in [5.74, 6) is 0.874. The van der Waals surface area contributed by atoms with E-state index in [1.54, 1.807) is 37.5 Å². The maximum atomic E-state index is 10.2. The molecule has 22 heavy (non-hydrogen) atoms. The lowest BCUT2D eigenvalue weighted by atomic mass is 10.1. The van der Waals surface area contributed by atoms with Crippen LogP contribution in [0.3, 0.4) is 0 Å². The second kappa shape index (κ2) is 5.80. The summed E-state index contributed by atoms with van der Waals surface area (Å²) in [5.41, 5.74) is 1.91. The Hall–Kier alpha value is -2.35. The second-order valence-electron chi connectivity index (χ2n) is 4.74. The molecule has 0 aliphatic heterocycles. The lowest BCUT2D eigenvalue weighted by molar-refractivity contribution is 0.399. The SMILES string of the molecule is Cc1cc(NS(O)(O)c2ccc(-c3cccnc3)cc2)no1. The Morgan fingerprint density at radius 2 is 1.86 bits per heavy atom. The number of pyridine rings is 1. The maximum absolute atomic E-state index is 10.2. The summed E-state index contributed by atoms with van der Waals surface area (Å²) in [7, 11) is -3.19. The molecular formula is C15H15N3O3S. The minimum Gasteiger partial charge on any atom is -0.360 e. The van der Waals surface area contributed by atoms with Gasteiger partial charge < -0.3 is 4.52 Å². The van der Waals surface area contributed by atoms with Crippen LogP contribution in [0.2, 0.25) is 0 Å². The van der Waals surface area contributed by atoms with E-state index in [4.69, 9.17) is 4.52 Å². The molecule has 7 heteroatoms. The normalized spacial score (nSPS) is 12.1. The number of aryl methyl sites for hydroxylation is 1. The molecule has 3 aromatic rings. The predicted octanol–water partition coefficient (Wildman–Crippen LogP) is 4.18. The molecule has 0 aliphatic carbocycles. The van der Waals surface area contributed by atoms with Crippen LogP contribution in [0.25, 0.3) is 11.1 Å². The number of anilines is 1. The standard InChI is InChI=1S/C15H15N3O3S/c1-11-9-15(17-21-11)18-22(19,20)14-6-4-12(5-7-14)13-3-2-8-16-10-13/h2-10,19-20H,1H3,(H,17,18). The fraction of sp³-hybridized carbons (Fsp3) is 0.0667. The molecule has 3 N–H and O–H groups in total. The van der Waals surface area contributed by atoms with Gasteiger partial charge in [-0.3, -0.25) is 18.8 Å². The smallest absolute Gasteiger partial charge is 0.187 e. The lowest BCUT2D eigenvalue weighted by Gasteiger charge is -2.32. The van der Waals surface area contributed by atoms with Crippen molar-refractivity contribution in [2.24, 2.45) is 0 Å². The van der Waals surface area contributed by atoms with Crippen LogP contribution in [0.15, 0.2) is 64.3 Å². The average Bonchev–Trinajstić information content (AvgIpc) is 2.93. The molecule has 0 radical (unpaired) electrons. The lowest BCUT2D eigenvalue weighted by Crippen LogP contribution is -2.09. The summed E-state index contributed by atoms with van der Waals surface area (Å²) in [6, 6.07) is 12.3. The summed E-state index contributed by atoms with van der Waals surface area (Å²) in [6.45, 7) is 1.73. The largest absolute Gasteiger partial charge is 0.360 e. The van der Waals surface area contributed by atoms with Crippen molar-refractivity contribution in [3.8, 4) is 11.1 Å². The van der Waals surface area contributed by atoms with E-state index < -0.39 is 10.8 Å². The van der Waals surface area contributed by atoms with Gasteiger partial charge in [0.25, 0.3) is 0 Å². The van der Waals surface area contributed by atoms with Crippen LogP contribution in [0, 0.1) is 6.92 Å². The number of hydrogen-bond acceptors (Lipinski definition) is 6. The number of nitrogens with zero attached hydrogens (tertiary/aromatic N) is 2. The van der Waals surface area contributed by atoms with Gasteiger partial charge >= 0.3 is 0 Å². The van der Waals surface area contributed by atoms with Gasteiger partial charge in [-0.1, -0.05) is 34.1 Å². The molecule has 0 aliphatic rings. The van der Waals surface area contributed by atoms with Crippen molar-refractivity contribution < 1.29 is 13.6 Å². The Kier molecular flexibility index (Phi) is 3.84. The van der Waals surface area contributed by atoms with Gasteiger partial charge in [0.15, 0.2) is 5.82 Å². The van der Waals surface area contributed by atoms with Gasteiger partial charge in [-0.15, -0.1) is 0 Å². The zero-order valence-corrected chi connectivity index (χ0v) is 12.6. The fourth-order valence-electron chi connectivity index (χ4n) is 1.99. The first-order valence-corrected chi connectivity index (χ1v) is 8.09. The predicted molar refractivity (Wildman–Crippen MR) is 85.7 cm³/mol. The van der Waals surface area contributed by atoms with Crippen molar-refractivity contribution >= 4 is 16.6 Å². The molecule has 0 fully saturated rings. The monoisotopic (exact) mass is 317 g/mol. The molecule has 0 saturated carbocycles. The molecule has 114 valence electrons. The summed E-state index contributed by atoms with van der Waals surface area (Å²) >= 11 is 0. The first kappa shape index (κ1) is 14.6. The van der Waals surface area contributed by atoms with Gasteiger partial charge in [0.05, 0.1) is 4.90 Å². The summed E-state index contributed by atoms with van der Waals surface area (Å²) in [4.78, 5) is 4.44. The van der Waals surface area contributed by atoms with Crippen molar-refractivity contribution in [1.29, 1.82) is 0 Å². The third kappa shape index (κ3) is 3.11. The number of rotatable bonds is 4. The molecule has 1 aromatic carbocycles. The summed E-state index contributed by atoms with van der Waals surface area (Å²) in [6.07, 6.45) is 3.46. The van der Waals surface area contributed by atoms with E-state index in [0.717, 1.165) is 11.1 Å². The molecule has 6 nitrogen and oxygen atoms in total. The van der Waals surface area contributed by atoms with E-state index in [0.29, 0.717) is 10.7 Å². The van der Waals surface area contributed by atoms with Crippen LogP contribution in [-0.2, 0) is 0 Å². The maximum Gasteiger partial charge on any atom is 0.187 e. The van der Waals surface area contributed by atoms with Crippen molar-refractivity contribution in [2.75, 3.05) is 4.72 Å².